The molecule has 0 fully saturated rings. The zero-order valence-electron chi connectivity index (χ0n) is 24.3. The van der Waals surface area contributed by atoms with Crippen LogP contribution in [0.1, 0.15) is 22.6 Å². The lowest BCUT2D eigenvalue weighted by Gasteiger charge is -2.17. The number of aromatic hydroxyl groups is 4. The fourth-order valence-electron chi connectivity index (χ4n) is 4.80. The van der Waals surface area contributed by atoms with Gasteiger partial charge < -0.3 is 25.2 Å². The molecule has 45 heavy (non-hydrogen) atoms. The molecule has 6 heteroatoms. The van der Waals surface area contributed by atoms with Crippen molar-refractivity contribution in [3.63, 3.8) is 0 Å². The summed E-state index contributed by atoms with van der Waals surface area (Å²) in [6, 6.07) is 44.9. The molecule has 6 aromatic carbocycles. The molecule has 0 amide bonds. The van der Waals surface area contributed by atoms with Crippen LogP contribution in [0.25, 0.3) is 22.3 Å². The molecule has 0 heterocycles. The lowest BCUT2D eigenvalue weighted by molar-refractivity contribution is -0.145. The van der Waals surface area contributed by atoms with E-state index in [1.165, 1.54) is 24.3 Å². The Labute approximate surface area is 261 Å². The highest BCUT2D eigenvalue weighted by Gasteiger charge is 2.24. The number of carbonyl (C=O) groups is 1. The first kappa shape index (κ1) is 30.4. The number of rotatable bonds is 7. The number of ether oxygens (including phenoxy) is 1. The second-order valence-corrected chi connectivity index (χ2v) is 10.4. The van der Waals surface area contributed by atoms with Crippen molar-refractivity contribution in [2.75, 3.05) is 0 Å². The zero-order valence-corrected chi connectivity index (χ0v) is 24.3. The molecular formula is C39H32O6. The molecule has 0 atom stereocenters. The number of phenolic OH excluding ortho intramolecular Hbond substituents is 4. The molecule has 0 spiro atoms. The molecule has 6 rings (SSSR count). The van der Waals surface area contributed by atoms with Crippen molar-refractivity contribution in [2.45, 2.75) is 12.5 Å². The molecule has 4 N–H and O–H groups in total. The van der Waals surface area contributed by atoms with Gasteiger partial charge in [-0.05, 0) is 93.5 Å². The Morgan fingerprint density at radius 3 is 1.29 bits per heavy atom. The first-order chi connectivity index (χ1) is 21.9. The van der Waals surface area contributed by atoms with Gasteiger partial charge in [0.05, 0.1) is 0 Å². The third-order valence-corrected chi connectivity index (χ3v) is 7.18. The minimum atomic E-state index is -0.634. The monoisotopic (exact) mass is 596 g/mol. The number of hydrogen-bond donors (Lipinski definition) is 4. The van der Waals surface area contributed by atoms with Gasteiger partial charge in [0.1, 0.15) is 35.5 Å². The zero-order chi connectivity index (χ0) is 31.6. The first-order valence-corrected chi connectivity index (χ1v) is 14.3. The Balaban J connectivity index is 0.000000182. The Hall–Kier alpha value is -6.01. The van der Waals surface area contributed by atoms with Gasteiger partial charge >= 0.3 is 5.97 Å². The van der Waals surface area contributed by atoms with Crippen LogP contribution < -0.4 is 0 Å². The maximum Gasteiger partial charge on any atom is 0.318 e. The van der Waals surface area contributed by atoms with Gasteiger partial charge in [-0.2, -0.15) is 0 Å². The molecule has 0 saturated heterocycles. The normalized spacial score (nSPS) is 10.5. The van der Waals surface area contributed by atoms with E-state index in [-0.39, 0.29) is 35.6 Å². The standard InChI is InChI=1S/C21H18O4.C18H14O2/c22-18-10-6-16(7-11-18)20(17-8-12-19(23)13-9-17)21(24)25-14-15-4-2-1-3-5-15;19-17-8-4-13(5-9-17)15-2-1-3-16(12-15)14-6-10-18(20)11-7-14/h1-13,20,22-23H,14H2;1-12,19-20H. The van der Waals surface area contributed by atoms with Gasteiger partial charge in [-0.25, -0.2) is 0 Å². The largest absolute Gasteiger partial charge is 0.508 e. The van der Waals surface area contributed by atoms with Gasteiger partial charge in [-0.1, -0.05) is 97.1 Å². The fraction of sp³-hybridized carbons (Fsp3) is 0.0513. The molecule has 6 nitrogen and oxygen atoms in total. The molecule has 224 valence electrons. The number of phenols is 4. The van der Waals surface area contributed by atoms with Gasteiger partial charge in [0, 0.05) is 0 Å². The Morgan fingerprint density at radius 1 is 0.467 bits per heavy atom. The highest BCUT2D eigenvalue weighted by Crippen LogP contribution is 2.30. The quantitative estimate of drug-likeness (QED) is 0.138. The highest BCUT2D eigenvalue weighted by atomic mass is 16.5. The molecule has 0 aromatic heterocycles. The van der Waals surface area contributed by atoms with Crippen LogP contribution in [0.15, 0.2) is 152 Å². The van der Waals surface area contributed by atoms with Gasteiger partial charge in [0.25, 0.3) is 0 Å². The lowest BCUT2D eigenvalue weighted by Crippen LogP contribution is -2.17. The van der Waals surface area contributed by atoms with Gasteiger partial charge in [-0.15, -0.1) is 0 Å². The third kappa shape index (κ3) is 8.30. The van der Waals surface area contributed by atoms with Crippen molar-refractivity contribution in [2.24, 2.45) is 0 Å². The predicted molar refractivity (Wildman–Crippen MR) is 175 cm³/mol. The molecular weight excluding hydrogens is 564 g/mol. The average molecular weight is 597 g/mol. The Morgan fingerprint density at radius 2 is 0.867 bits per heavy atom. The SMILES string of the molecule is O=C(OCc1ccccc1)C(c1ccc(O)cc1)c1ccc(O)cc1.Oc1ccc(-c2cccc(-c3ccc(O)cc3)c2)cc1. The van der Waals surface area contributed by atoms with E-state index in [1.807, 2.05) is 72.8 Å². The number of esters is 1. The summed E-state index contributed by atoms with van der Waals surface area (Å²) in [5, 5.41) is 37.7. The highest BCUT2D eigenvalue weighted by molar-refractivity contribution is 5.82. The van der Waals surface area contributed by atoms with E-state index >= 15 is 0 Å². The van der Waals surface area contributed by atoms with Crippen LogP contribution in [0.3, 0.4) is 0 Å². The van der Waals surface area contributed by atoms with Crippen LogP contribution in [0.5, 0.6) is 23.0 Å². The molecule has 6 aromatic rings. The van der Waals surface area contributed by atoms with Crippen LogP contribution in [0, 0.1) is 0 Å². The maximum atomic E-state index is 12.7. The molecule has 0 saturated carbocycles. The maximum absolute atomic E-state index is 12.7. The second-order valence-electron chi connectivity index (χ2n) is 10.4. The number of carbonyl (C=O) groups excluding carboxylic acids is 1. The second kappa shape index (κ2) is 14.4. The summed E-state index contributed by atoms with van der Waals surface area (Å²) in [6.07, 6.45) is 0. The summed E-state index contributed by atoms with van der Waals surface area (Å²) in [5.74, 6) is -0.228. The van der Waals surface area contributed by atoms with Crippen molar-refractivity contribution >= 4 is 5.97 Å². The molecule has 0 bridgehead atoms. The van der Waals surface area contributed by atoms with Gasteiger partial charge in [0.15, 0.2) is 0 Å². The van der Waals surface area contributed by atoms with Crippen LogP contribution in [0.2, 0.25) is 0 Å². The van der Waals surface area contributed by atoms with E-state index in [9.17, 15) is 25.2 Å². The van der Waals surface area contributed by atoms with Crippen molar-refractivity contribution in [1.82, 2.24) is 0 Å². The van der Waals surface area contributed by atoms with Crippen molar-refractivity contribution in [3.8, 4) is 45.3 Å². The van der Waals surface area contributed by atoms with Crippen molar-refractivity contribution in [3.05, 3.63) is 168 Å². The van der Waals surface area contributed by atoms with Gasteiger partial charge in [-0.3, -0.25) is 4.79 Å². The molecule has 0 unspecified atom stereocenters. The van der Waals surface area contributed by atoms with Crippen molar-refractivity contribution in [1.29, 1.82) is 0 Å². The van der Waals surface area contributed by atoms with E-state index in [1.54, 1.807) is 48.5 Å². The van der Waals surface area contributed by atoms with Gasteiger partial charge in [0.2, 0.25) is 0 Å². The van der Waals surface area contributed by atoms with E-state index in [2.05, 4.69) is 6.07 Å². The number of hydrogen-bond acceptors (Lipinski definition) is 6. The first-order valence-electron chi connectivity index (χ1n) is 14.3. The third-order valence-electron chi connectivity index (χ3n) is 7.18. The topological polar surface area (TPSA) is 107 Å². The summed E-state index contributed by atoms with van der Waals surface area (Å²) in [6.45, 7) is 0.187. The summed E-state index contributed by atoms with van der Waals surface area (Å²) >= 11 is 0. The fourth-order valence-corrected chi connectivity index (χ4v) is 4.80. The molecule has 0 aliphatic carbocycles. The molecule has 0 aliphatic heterocycles. The summed E-state index contributed by atoms with van der Waals surface area (Å²) in [5.41, 5.74) is 6.63. The van der Waals surface area contributed by atoms with Crippen molar-refractivity contribution < 1.29 is 30.0 Å². The minimum Gasteiger partial charge on any atom is -0.508 e. The Kier molecular flexibility index (Phi) is 9.77. The van der Waals surface area contributed by atoms with Crippen LogP contribution in [0.4, 0.5) is 0 Å². The van der Waals surface area contributed by atoms with E-state index in [0.717, 1.165) is 27.8 Å². The molecule has 0 radical (unpaired) electrons. The van der Waals surface area contributed by atoms with Crippen LogP contribution in [-0.4, -0.2) is 26.4 Å². The average Bonchev–Trinajstić information content (AvgIpc) is 3.07. The van der Waals surface area contributed by atoms with E-state index < -0.39 is 5.92 Å². The summed E-state index contributed by atoms with van der Waals surface area (Å²) in [4.78, 5) is 12.7. The predicted octanol–water partition coefficient (Wildman–Crippen LogP) is 8.40. The van der Waals surface area contributed by atoms with E-state index in [0.29, 0.717) is 11.1 Å². The smallest absolute Gasteiger partial charge is 0.318 e. The minimum absolute atomic E-state index is 0.130. The molecule has 0 aliphatic rings. The summed E-state index contributed by atoms with van der Waals surface area (Å²) < 4.78 is 5.50. The van der Waals surface area contributed by atoms with E-state index in [4.69, 9.17) is 4.74 Å². The van der Waals surface area contributed by atoms with Crippen LogP contribution >= 0.6 is 0 Å². The summed E-state index contributed by atoms with van der Waals surface area (Å²) in [7, 11) is 0. The Bertz CT molecular complexity index is 1710. The van der Waals surface area contributed by atoms with Crippen LogP contribution in [-0.2, 0) is 16.1 Å². The number of benzene rings is 6. The lowest BCUT2D eigenvalue weighted by atomic mass is 9.91.